The largest absolute Gasteiger partial charge is 0.366 e. The Kier molecular flexibility index (Phi) is 7.65. The molecule has 2 aliphatic heterocycles. The van der Waals surface area contributed by atoms with E-state index in [2.05, 4.69) is 22.3 Å². The molecule has 2 saturated heterocycles. The highest BCUT2D eigenvalue weighted by Gasteiger charge is 2.32. The molecule has 0 spiro atoms. The summed E-state index contributed by atoms with van der Waals surface area (Å²) < 4.78 is 27.3. The zero-order chi connectivity index (χ0) is 24.1. The van der Waals surface area contributed by atoms with E-state index in [-0.39, 0.29) is 35.4 Å². The number of piperidine rings is 1. The number of primary amides is 1. The van der Waals surface area contributed by atoms with Crippen LogP contribution in [0.1, 0.15) is 47.2 Å². The second-order valence-electron chi connectivity index (χ2n) is 9.04. The van der Waals surface area contributed by atoms with Crippen LogP contribution in [0.25, 0.3) is 0 Å². The third-order valence-corrected chi connectivity index (χ3v) is 8.68. The highest BCUT2D eigenvalue weighted by molar-refractivity contribution is 7.89. The van der Waals surface area contributed by atoms with Gasteiger partial charge in [-0.25, -0.2) is 8.42 Å². The van der Waals surface area contributed by atoms with Gasteiger partial charge in [0.05, 0.1) is 4.90 Å². The fourth-order valence-corrected chi connectivity index (χ4v) is 6.16. The third-order valence-electron chi connectivity index (χ3n) is 6.77. The quantitative estimate of drug-likeness (QED) is 0.596. The Labute approximate surface area is 201 Å². The summed E-state index contributed by atoms with van der Waals surface area (Å²) in [5, 5.41) is 3.07. The Bertz CT molecular complexity index is 1120. The number of benzene rings is 2. The fourth-order valence-electron chi connectivity index (χ4n) is 4.69. The van der Waals surface area contributed by atoms with Gasteiger partial charge in [0.25, 0.3) is 0 Å². The molecule has 8 nitrogen and oxygen atoms in total. The minimum absolute atomic E-state index is 0.0289. The number of carbonyl (C=O) groups excluding carboxylic acids is 2. The molecule has 0 aromatic heterocycles. The molecule has 2 aliphatic rings. The number of nitrogens with zero attached hydrogens (tertiary/aromatic N) is 2. The van der Waals surface area contributed by atoms with E-state index in [0.717, 1.165) is 25.2 Å². The first-order valence-corrected chi connectivity index (χ1v) is 13.3. The van der Waals surface area contributed by atoms with Crippen molar-refractivity contribution in [1.82, 2.24) is 14.5 Å². The number of hydrogen-bond donors (Lipinski definition) is 2. The fraction of sp³-hybridized carbons (Fsp3) is 0.440. The summed E-state index contributed by atoms with van der Waals surface area (Å²) in [5.41, 5.74) is 7.86. The van der Waals surface area contributed by atoms with Crippen LogP contribution in [0.5, 0.6) is 0 Å². The highest BCUT2D eigenvalue weighted by Crippen LogP contribution is 2.24. The van der Waals surface area contributed by atoms with Gasteiger partial charge in [-0.3, -0.25) is 14.5 Å². The number of likely N-dealkylation sites (tertiary alicyclic amines) is 1. The molecule has 3 N–H and O–H groups in total. The van der Waals surface area contributed by atoms with Gasteiger partial charge in [-0.15, -0.1) is 0 Å². The first-order chi connectivity index (χ1) is 16.3. The first kappa shape index (κ1) is 24.4. The van der Waals surface area contributed by atoms with Crippen LogP contribution in [0.2, 0.25) is 0 Å². The molecule has 0 atom stereocenters. The summed E-state index contributed by atoms with van der Waals surface area (Å²) in [6, 6.07) is 13.8. The van der Waals surface area contributed by atoms with Crippen LogP contribution in [0, 0.1) is 5.92 Å². The monoisotopic (exact) mass is 484 g/mol. The first-order valence-electron chi connectivity index (χ1n) is 11.8. The molecular formula is C25H32N4O4S. The van der Waals surface area contributed by atoms with Crippen LogP contribution in [-0.2, 0) is 27.9 Å². The van der Waals surface area contributed by atoms with Gasteiger partial charge in [0.2, 0.25) is 21.8 Å². The van der Waals surface area contributed by atoms with E-state index in [4.69, 9.17) is 5.73 Å². The average molecular weight is 485 g/mol. The van der Waals surface area contributed by atoms with Crippen molar-refractivity contribution in [2.45, 2.75) is 43.7 Å². The smallest absolute Gasteiger partial charge is 0.248 e. The normalized spacial score (nSPS) is 18.1. The molecule has 2 amide bonds. The van der Waals surface area contributed by atoms with Crippen LogP contribution in [0.15, 0.2) is 53.4 Å². The number of nitrogens with one attached hydrogen (secondary N) is 1. The van der Waals surface area contributed by atoms with Gasteiger partial charge in [0.15, 0.2) is 0 Å². The Balaban J connectivity index is 1.30. The van der Waals surface area contributed by atoms with Crippen molar-refractivity contribution in [1.29, 1.82) is 0 Å². The Morgan fingerprint density at radius 2 is 1.53 bits per heavy atom. The molecule has 0 saturated carbocycles. The second-order valence-corrected chi connectivity index (χ2v) is 11.0. The minimum Gasteiger partial charge on any atom is -0.366 e. The molecule has 9 heteroatoms. The molecule has 2 aromatic rings. The van der Waals surface area contributed by atoms with Crippen molar-refractivity contribution >= 4 is 21.8 Å². The van der Waals surface area contributed by atoms with Crippen molar-refractivity contribution in [3.05, 3.63) is 65.2 Å². The summed E-state index contributed by atoms with van der Waals surface area (Å²) in [4.78, 5) is 26.6. The maximum absolute atomic E-state index is 12.9. The van der Waals surface area contributed by atoms with Gasteiger partial charge in [0.1, 0.15) is 0 Å². The maximum atomic E-state index is 12.9. The molecule has 182 valence electrons. The second kappa shape index (κ2) is 10.7. The lowest BCUT2D eigenvalue weighted by Gasteiger charge is -2.30. The Morgan fingerprint density at radius 1 is 0.912 bits per heavy atom. The van der Waals surface area contributed by atoms with Crippen molar-refractivity contribution in [2.24, 2.45) is 11.7 Å². The van der Waals surface area contributed by atoms with Crippen LogP contribution < -0.4 is 11.1 Å². The lowest BCUT2D eigenvalue weighted by molar-refractivity contribution is -0.126. The van der Waals surface area contributed by atoms with Crippen molar-refractivity contribution < 1.29 is 18.0 Å². The lowest BCUT2D eigenvalue weighted by atomic mass is 9.97. The topological polar surface area (TPSA) is 113 Å². The molecule has 2 aromatic carbocycles. The van der Waals surface area contributed by atoms with E-state index >= 15 is 0 Å². The highest BCUT2D eigenvalue weighted by atomic mass is 32.2. The van der Waals surface area contributed by atoms with Crippen molar-refractivity contribution in [3.8, 4) is 0 Å². The van der Waals surface area contributed by atoms with Crippen molar-refractivity contribution in [2.75, 3.05) is 26.2 Å². The van der Waals surface area contributed by atoms with Gasteiger partial charge in [0, 0.05) is 37.7 Å². The summed E-state index contributed by atoms with van der Waals surface area (Å²) in [5.74, 6) is -0.845. The molecule has 0 bridgehead atoms. The van der Waals surface area contributed by atoms with Crippen LogP contribution in [0.3, 0.4) is 0 Å². The number of carbonyl (C=O) groups is 2. The summed E-state index contributed by atoms with van der Waals surface area (Å²) in [6.07, 6.45) is 3.43. The SMILES string of the molecule is NC(=O)c1ccc(S(=O)(=O)N2CCC(C(=O)NCc3ccccc3CN3CCCC3)CC2)cc1. The van der Waals surface area contributed by atoms with Crippen LogP contribution >= 0.6 is 0 Å². The molecule has 0 radical (unpaired) electrons. The van der Waals surface area contributed by atoms with E-state index in [0.29, 0.717) is 19.4 Å². The number of sulfonamides is 1. The standard InChI is InChI=1S/C25H32N4O4S/c26-24(30)19-7-9-23(10-8-19)34(32,33)29-15-11-20(12-16-29)25(31)27-17-21-5-1-2-6-22(21)18-28-13-3-4-14-28/h1-2,5-10,20H,3-4,11-18H2,(H2,26,30)(H,27,31). The van der Waals surface area contributed by atoms with Gasteiger partial charge < -0.3 is 11.1 Å². The van der Waals surface area contributed by atoms with Crippen LogP contribution in [-0.4, -0.2) is 55.6 Å². The molecule has 4 rings (SSSR count). The zero-order valence-electron chi connectivity index (χ0n) is 19.3. The van der Waals surface area contributed by atoms with E-state index in [1.165, 1.54) is 47.0 Å². The molecule has 2 heterocycles. The molecule has 2 fully saturated rings. The maximum Gasteiger partial charge on any atom is 0.248 e. The molecule has 0 aliphatic carbocycles. The third kappa shape index (κ3) is 5.65. The van der Waals surface area contributed by atoms with Crippen LogP contribution in [0.4, 0.5) is 0 Å². The van der Waals surface area contributed by atoms with E-state index in [9.17, 15) is 18.0 Å². The summed E-state index contributed by atoms with van der Waals surface area (Å²) in [6.45, 7) is 4.19. The summed E-state index contributed by atoms with van der Waals surface area (Å²) in [7, 11) is -3.68. The van der Waals surface area contributed by atoms with Gasteiger partial charge in [-0.2, -0.15) is 4.31 Å². The predicted molar refractivity (Wildman–Crippen MR) is 129 cm³/mol. The van der Waals surface area contributed by atoms with Gasteiger partial charge in [-0.05, 0) is 74.2 Å². The Morgan fingerprint density at radius 3 is 2.15 bits per heavy atom. The molecule has 34 heavy (non-hydrogen) atoms. The van der Waals surface area contributed by atoms with Gasteiger partial charge >= 0.3 is 0 Å². The number of amides is 2. The number of rotatable bonds is 8. The Hall–Kier alpha value is -2.75. The van der Waals surface area contributed by atoms with Crippen molar-refractivity contribution in [3.63, 3.8) is 0 Å². The van der Waals surface area contributed by atoms with Gasteiger partial charge in [-0.1, -0.05) is 24.3 Å². The van der Waals surface area contributed by atoms with E-state index in [1.54, 1.807) is 0 Å². The lowest BCUT2D eigenvalue weighted by Crippen LogP contribution is -2.42. The minimum atomic E-state index is -3.68. The number of nitrogens with two attached hydrogens (primary N) is 1. The predicted octanol–water partition coefficient (Wildman–Crippen LogP) is 2.10. The summed E-state index contributed by atoms with van der Waals surface area (Å²) >= 11 is 0. The molecule has 0 unspecified atom stereocenters. The zero-order valence-corrected chi connectivity index (χ0v) is 20.1. The molecular weight excluding hydrogens is 452 g/mol. The van der Waals surface area contributed by atoms with E-state index < -0.39 is 15.9 Å². The average Bonchev–Trinajstić information content (AvgIpc) is 3.36. The van der Waals surface area contributed by atoms with E-state index in [1.807, 2.05) is 12.1 Å². The number of hydrogen-bond acceptors (Lipinski definition) is 5.